The Morgan fingerprint density at radius 2 is 2.07 bits per heavy atom. The van der Waals surface area contributed by atoms with Gasteiger partial charge in [0.05, 0.1) is 18.8 Å². The topological polar surface area (TPSA) is 44.7 Å². The number of rotatable bonds is 9. The lowest BCUT2D eigenvalue weighted by molar-refractivity contribution is 0.0940. The van der Waals surface area contributed by atoms with Crippen molar-refractivity contribution in [3.8, 4) is 0 Å². The average Bonchev–Trinajstić information content (AvgIpc) is 2.18. The molecule has 1 atom stereocenters. The number of aliphatic hydroxyl groups excluding tert-OH is 1. The number of nitrogens with one attached hydrogen (secondary N) is 1. The van der Waals surface area contributed by atoms with Crippen molar-refractivity contribution in [3.63, 3.8) is 0 Å². The minimum absolute atomic E-state index is 0.153. The second kappa shape index (κ2) is 8.05. The normalized spacial score (nSPS) is 15.6. The van der Waals surface area contributed by atoms with E-state index in [1.54, 1.807) is 0 Å². The van der Waals surface area contributed by atoms with Crippen LogP contribution in [-0.2, 0) is 4.74 Å². The zero-order valence-electron chi connectivity index (χ0n) is 10.5. The van der Waals surface area contributed by atoms with Gasteiger partial charge in [0, 0.05) is 19.7 Å². The fourth-order valence-corrected chi connectivity index (χ4v) is 1.63. The van der Waals surface area contributed by atoms with Gasteiger partial charge >= 0.3 is 0 Å². The summed E-state index contributed by atoms with van der Waals surface area (Å²) >= 11 is 0. The van der Waals surface area contributed by atoms with Gasteiger partial charge in [0.25, 0.3) is 0 Å². The highest BCUT2D eigenvalue weighted by molar-refractivity contribution is 4.84. The molecule has 1 unspecified atom stereocenters. The Kier molecular flexibility index (Phi) is 7.96. The van der Waals surface area contributed by atoms with Crippen LogP contribution in [0.15, 0.2) is 0 Å². The molecule has 0 amide bonds. The van der Waals surface area contributed by atoms with Crippen molar-refractivity contribution in [3.05, 3.63) is 0 Å². The summed E-state index contributed by atoms with van der Waals surface area (Å²) in [5, 5.41) is 12.6. The number of nitrogens with zero attached hydrogens (tertiary/aromatic N) is 1. The summed E-state index contributed by atoms with van der Waals surface area (Å²) in [7, 11) is 2.05. The van der Waals surface area contributed by atoms with E-state index < -0.39 is 0 Å². The predicted octanol–water partition coefficient (Wildman–Crippen LogP) is 0.315. The van der Waals surface area contributed by atoms with Gasteiger partial charge in [0.2, 0.25) is 0 Å². The van der Waals surface area contributed by atoms with Crippen LogP contribution in [0.3, 0.4) is 0 Å². The molecule has 0 radical (unpaired) electrons. The number of hydrogen-bond acceptors (Lipinski definition) is 4. The molecular formula is C11H26N2O2. The smallest absolute Gasteiger partial charge is 0.0623 e. The zero-order valence-corrected chi connectivity index (χ0v) is 10.5. The molecule has 4 heteroatoms. The van der Waals surface area contributed by atoms with E-state index in [9.17, 15) is 5.11 Å². The van der Waals surface area contributed by atoms with Gasteiger partial charge in [-0.2, -0.15) is 0 Å². The van der Waals surface area contributed by atoms with Crippen molar-refractivity contribution < 1.29 is 9.84 Å². The third kappa shape index (κ3) is 6.84. The molecule has 0 aliphatic heterocycles. The fourth-order valence-electron chi connectivity index (χ4n) is 1.63. The minimum atomic E-state index is -0.213. The van der Waals surface area contributed by atoms with Crippen molar-refractivity contribution in [2.45, 2.75) is 26.3 Å². The van der Waals surface area contributed by atoms with Gasteiger partial charge in [-0.3, -0.25) is 0 Å². The molecule has 4 nitrogen and oxygen atoms in total. The Morgan fingerprint density at radius 1 is 1.40 bits per heavy atom. The second-order valence-corrected chi connectivity index (χ2v) is 4.18. The fraction of sp³-hybridized carbons (Fsp3) is 1.00. The lowest BCUT2D eigenvalue weighted by Crippen LogP contribution is -2.53. The highest BCUT2D eigenvalue weighted by Gasteiger charge is 2.23. The maximum absolute atomic E-state index is 9.32. The van der Waals surface area contributed by atoms with E-state index in [2.05, 4.69) is 10.2 Å². The average molecular weight is 218 g/mol. The second-order valence-electron chi connectivity index (χ2n) is 4.18. The van der Waals surface area contributed by atoms with Crippen LogP contribution in [0.25, 0.3) is 0 Å². The standard InChI is InChI=1S/C11H26N2O2/c1-5-12-11(3,10-14)9-13(4)7-8-15-6-2/h12,14H,5-10H2,1-4H3. The van der Waals surface area contributed by atoms with Crippen LogP contribution in [-0.4, -0.2) is 62.0 Å². The molecule has 0 aliphatic rings. The molecule has 0 aromatic rings. The lowest BCUT2D eigenvalue weighted by atomic mass is 10.0. The van der Waals surface area contributed by atoms with E-state index in [1.165, 1.54) is 0 Å². The van der Waals surface area contributed by atoms with E-state index >= 15 is 0 Å². The zero-order chi connectivity index (χ0) is 11.7. The molecular weight excluding hydrogens is 192 g/mol. The van der Waals surface area contributed by atoms with Gasteiger partial charge in [-0.15, -0.1) is 0 Å². The highest BCUT2D eigenvalue weighted by atomic mass is 16.5. The molecule has 0 rings (SSSR count). The van der Waals surface area contributed by atoms with Crippen molar-refractivity contribution >= 4 is 0 Å². The molecule has 92 valence electrons. The lowest BCUT2D eigenvalue weighted by Gasteiger charge is -2.32. The van der Waals surface area contributed by atoms with Crippen molar-refractivity contribution in [2.24, 2.45) is 0 Å². The molecule has 0 aromatic carbocycles. The highest BCUT2D eigenvalue weighted by Crippen LogP contribution is 2.04. The Bertz CT molecular complexity index is 156. The van der Waals surface area contributed by atoms with E-state index in [-0.39, 0.29) is 12.1 Å². The quantitative estimate of drug-likeness (QED) is 0.547. The number of aliphatic hydroxyl groups is 1. The molecule has 0 fully saturated rings. The number of ether oxygens (including phenoxy) is 1. The molecule has 0 bridgehead atoms. The summed E-state index contributed by atoms with van der Waals surface area (Å²) in [5.74, 6) is 0. The first-order valence-electron chi connectivity index (χ1n) is 5.70. The first-order chi connectivity index (χ1) is 7.08. The molecule has 0 heterocycles. The monoisotopic (exact) mass is 218 g/mol. The van der Waals surface area contributed by atoms with Crippen LogP contribution in [0, 0.1) is 0 Å². The molecule has 0 saturated carbocycles. The van der Waals surface area contributed by atoms with Crippen LogP contribution in [0.2, 0.25) is 0 Å². The summed E-state index contributed by atoms with van der Waals surface area (Å²) < 4.78 is 5.29. The van der Waals surface area contributed by atoms with Gasteiger partial charge in [-0.05, 0) is 27.4 Å². The van der Waals surface area contributed by atoms with Crippen molar-refractivity contribution in [1.29, 1.82) is 0 Å². The Balaban J connectivity index is 3.84. The van der Waals surface area contributed by atoms with E-state index in [0.29, 0.717) is 0 Å². The van der Waals surface area contributed by atoms with Crippen LogP contribution in [0.1, 0.15) is 20.8 Å². The first kappa shape index (κ1) is 14.8. The van der Waals surface area contributed by atoms with E-state index in [1.807, 2.05) is 27.8 Å². The number of hydrogen-bond donors (Lipinski definition) is 2. The maximum Gasteiger partial charge on any atom is 0.0623 e. The summed E-state index contributed by atoms with van der Waals surface area (Å²) in [4.78, 5) is 2.18. The summed E-state index contributed by atoms with van der Waals surface area (Å²) in [5.41, 5.74) is -0.213. The Hall–Kier alpha value is -0.160. The SMILES string of the molecule is CCNC(C)(CO)CN(C)CCOCC. The van der Waals surface area contributed by atoms with Gasteiger partial charge in [-0.25, -0.2) is 0 Å². The van der Waals surface area contributed by atoms with Crippen LogP contribution < -0.4 is 5.32 Å². The molecule has 2 N–H and O–H groups in total. The van der Waals surface area contributed by atoms with Crippen LogP contribution in [0.5, 0.6) is 0 Å². The van der Waals surface area contributed by atoms with Crippen molar-refractivity contribution in [2.75, 3.05) is 46.5 Å². The van der Waals surface area contributed by atoms with Gasteiger partial charge in [0.15, 0.2) is 0 Å². The van der Waals surface area contributed by atoms with Crippen molar-refractivity contribution in [1.82, 2.24) is 10.2 Å². The molecule has 0 spiro atoms. The maximum atomic E-state index is 9.32. The van der Waals surface area contributed by atoms with Crippen LogP contribution in [0.4, 0.5) is 0 Å². The van der Waals surface area contributed by atoms with Gasteiger partial charge in [0.1, 0.15) is 0 Å². The molecule has 0 saturated heterocycles. The third-order valence-electron chi connectivity index (χ3n) is 2.39. The molecule has 0 aromatic heterocycles. The number of likely N-dealkylation sites (N-methyl/N-ethyl adjacent to an activating group) is 2. The summed E-state index contributed by atoms with van der Waals surface area (Å²) in [6.07, 6.45) is 0. The van der Waals surface area contributed by atoms with E-state index in [0.717, 1.165) is 32.8 Å². The third-order valence-corrected chi connectivity index (χ3v) is 2.39. The summed E-state index contributed by atoms with van der Waals surface area (Å²) in [6.45, 7) is 10.3. The first-order valence-corrected chi connectivity index (χ1v) is 5.70. The summed E-state index contributed by atoms with van der Waals surface area (Å²) in [6, 6.07) is 0. The van der Waals surface area contributed by atoms with Crippen LogP contribution >= 0.6 is 0 Å². The largest absolute Gasteiger partial charge is 0.394 e. The van der Waals surface area contributed by atoms with Gasteiger partial charge < -0.3 is 20.1 Å². The minimum Gasteiger partial charge on any atom is -0.394 e. The van der Waals surface area contributed by atoms with E-state index in [4.69, 9.17) is 4.74 Å². The Morgan fingerprint density at radius 3 is 2.53 bits per heavy atom. The predicted molar refractivity (Wildman–Crippen MR) is 63.2 cm³/mol. The van der Waals surface area contributed by atoms with Gasteiger partial charge in [-0.1, -0.05) is 6.92 Å². The molecule has 15 heavy (non-hydrogen) atoms. The molecule has 0 aliphatic carbocycles. The Labute approximate surface area is 93.6 Å².